The molecule has 2 aromatic rings. The first-order chi connectivity index (χ1) is 13.0. The van der Waals surface area contributed by atoms with Crippen molar-refractivity contribution >= 4 is 17.3 Å². The smallest absolute Gasteiger partial charge is 0.319 e. The van der Waals surface area contributed by atoms with Crippen molar-refractivity contribution in [3.8, 4) is 0 Å². The van der Waals surface area contributed by atoms with Crippen LogP contribution < -0.4 is 5.32 Å². The lowest BCUT2D eigenvalue weighted by atomic mass is 10.3. The van der Waals surface area contributed by atoms with Crippen molar-refractivity contribution < 1.29 is 23.4 Å². The van der Waals surface area contributed by atoms with E-state index in [1.807, 2.05) is 0 Å². The Labute approximate surface area is 156 Å². The lowest BCUT2D eigenvalue weighted by Crippen LogP contribution is -2.31. The van der Waals surface area contributed by atoms with Crippen LogP contribution in [0.2, 0.25) is 0 Å². The van der Waals surface area contributed by atoms with E-state index in [2.05, 4.69) is 15.5 Å². The molecular weight excluding hydrogens is 384 g/mol. The van der Waals surface area contributed by atoms with Crippen LogP contribution in [0.25, 0.3) is 0 Å². The summed E-state index contributed by atoms with van der Waals surface area (Å²) in [4.78, 5) is 32.4. The molecule has 1 amide bonds. The van der Waals surface area contributed by atoms with Gasteiger partial charge in [0, 0.05) is 6.54 Å². The van der Waals surface area contributed by atoms with E-state index in [9.17, 15) is 33.8 Å². The molecule has 2 aromatic heterocycles. The summed E-state index contributed by atoms with van der Waals surface area (Å²) in [7, 11) is 0. The van der Waals surface area contributed by atoms with Gasteiger partial charge in [0.15, 0.2) is 0 Å². The van der Waals surface area contributed by atoms with E-state index in [1.54, 1.807) is 0 Å². The molecule has 0 aliphatic rings. The second kappa shape index (κ2) is 8.06. The van der Waals surface area contributed by atoms with E-state index in [4.69, 9.17) is 0 Å². The van der Waals surface area contributed by atoms with Gasteiger partial charge in [0.05, 0.1) is 16.4 Å². The second-order valence-corrected chi connectivity index (χ2v) is 5.88. The summed E-state index contributed by atoms with van der Waals surface area (Å²) in [6, 6.07) is 0. The molecule has 0 saturated heterocycles. The number of nitrogens with one attached hydrogen (secondary N) is 1. The number of amides is 1. The quantitative estimate of drug-likeness (QED) is 0.521. The first-order valence-electron chi connectivity index (χ1n) is 7.99. The Morgan fingerprint density at radius 1 is 1.07 bits per heavy atom. The summed E-state index contributed by atoms with van der Waals surface area (Å²) in [6.07, 6.45) is -3.15. The Balaban J connectivity index is 2.02. The van der Waals surface area contributed by atoms with Crippen molar-refractivity contribution in [1.29, 1.82) is 0 Å². The minimum atomic E-state index is -3.15. The lowest BCUT2D eigenvalue weighted by molar-refractivity contribution is -0.387. The minimum absolute atomic E-state index is 0.0576. The van der Waals surface area contributed by atoms with Gasteiger partial charge in [-0.2, -0.15) is 10.2 Å². The van der Waals surface area contributed by atoms with Gasteiger partial charge in [-0.25, -0.2) is 8.78 Å². The number of aromatic nitrogens is 4. The Morgan fingerprint density at radius 3 is 2.11 bits per heavy atom. The van der Waals surface area contributed by atoms with Crippen LogP contribution in [0.4, 0.5) is 20.2 Å². The molecule has 0 aromatic carbocycles. The van der Waals surface area contributed by atoms with Crippen LogP contribution in [-0.2, 0) is 17.9 Å². The van der Waals surface area contributed by atoms with Gasteiger partial charge in [0.1, 0.15) is 23.6 Å². The zero-order valence-corrected chi connectivity index (χ0v) is 15.2. The van der Waals surface area contributed by atoms with Crippen LogP contribution in [0, 0.1) is 41.0 Å². The highest BCUT2D eigenvalue weighted by Crippen LogP contribution is 2.30. The number of alkyl halides is 2. The monoisotopic (exact) mass is 401 g/mol. The first-order valence-corrected chi connectivity index (χ1v) is 7.99. The van der Waals surface area contributed by atoms with Crippen LogP contribution >= 0.6 is 0 Å². The van der Waals surface area contributed by atoms with Gasteiger partial charge in [-0.1, -0.05) is 0 Å². The van der Waals surface area contributed by atoms with Gasteiger partial charge < -0.3 is 5.32 Å². The molecule has 0 spiro atoms. The number of hydrogen-bond acceptors (Lipinski definition) is 7. The average molecular weight is 401 g/mol. The molecule has 14 heteroatoms. The van der Waals surface area contributed by atoms with E-state index in [0.717, 1.165) is 4.68 Å². The summed E-state index contributed by atoms with van der Waals surface area (Å²) in [5.41, 5.74) is -1.51. The predicted octanol–water partition coefficient (Wildman–Crippen LogP) is 1.58. The van der Waals surface area contributed by atoms with Crippen LogP contribution in [0.5, 0.6) is 0 Å². The van der Waals surface area contributed by atoms with E-state index in [-0.39, 0.29) is 30.2 Å². The van der Waals surface area contributed by atoms with Gasteiger partial charge in [0.25, 0.3) is 6.43 Å². The average Bonchev–Trinajstić information content (AvgIpc) is 3.04. The maximum atomic E-state index is 12.9. The topological polar surface area (TPSA) is 151 Å². The number of hydrogen-bond donors (Lipinski definition) is 1. The van der Waals surface area contributed by atoms with Gasteiger partial charge >= 0.3 is 11.4 Å². The highest BCUT2D eigenvalue weighted by Gasteiger charge is 2.31. The van der Waals surface area contributed by atoms with E-state index < -0.39 is 40.1 Å². The largest absolute Gasteiger partial charge is 0.353 e. The molecule has 0 bridgehead atoms. The molecular formula is C14H17F2N7O5. The molecule has 2 heterocycles. The van der Waals surface area contributed by atoms with E-state index >= 15 is 0 Å². The van der Waals surface area contributed by atoms with Crippen molar-refractivity contribution in [1.82, 2.24) is 24.9 Å². The van der Waals surface area contributed by atoms with Gasteiger partial charge in [-0.15, -0.1) is 0 Å². The van der Waals surface area contributed by atoms with Gasteiger partial charge in [-0.3, -0.25) is 34.4 Å². The van der Waals surface area contributed by atoms with Crippen LogP contribution in [0.1, 0.15) is 29.2 Å². The summed E-state index contributed by atoms with van der Waals surface area (Å²) in [5.74, 6) is -0.614. The summed E-state index contributed by atoms with van der Waals surface area (Å²) >= 11 is 0. The molecule has 12 nitrogen and oxygen atoms in total. The molecule has 0 radical (unpaired) electrons. The number of nitro groups is 2. The van der Waals surface area contributed by atoms with Crippen molar-refractivity contribution in [2.75, 3.05) is 6.54 Å². The number of nitrogens with zero attached hydrogens (tertiary/aromatic N) is 6. The fraction of sp³-hybridized carbons (Fsp3) is 0.500. The molecule has 28 heavy (non-hydrogen) atoms. The molecule has 0 aliphatic carbocycles. The lowest BCUT2D eigenvalue weighted by Gasteiger charge is -2.07. The number of rotatable bonds is 8. The number of carbonyl (C=O) groups is 1. The van der Waals surface area contributed by atoms with E-state index in [0.29, 0.717) is 5.69 Å². The molecule has 0 aliphatic heterocycles. The fourth-order valence-corrected chi connectivity index (χ4v) is 2.75. The standard InChI is InChI=1S/C14H17F2N7O5/c1-7-12(22(25)26)8(2)20(18-7)5-4-17-10(24)6-21-9(3)13(23(27)28)11(19-21)14(15)16/h14H,4-6H2,1-3H3,(H,17,24). The number of carbonyl (C=O) groups excluding carboxylic acids is 1. The zero-order chi connectivity index (χ0) is 21.2. The highest BCUT2D eigenvalue weighted by atomic mass is 19.3. The molecule has 0 saturated carbocycles. The third-order valence-electron chi connectivity index (χ3n) is 4.06. The predicted molar refractivity (Wildman–Crippen MR) is 89.9 cm³/mol. The molecule has 152 valence electrons. The first kappa shape index (κ1) is 20.9. The molecule has 0 fully saturated rings. The van der Waals surface area contributed by atoms with Crippen LogP contribution in [-0.4, -0.2) is 41.9 Å². The van der Waals surface area contributed by atoms with Crippen molar-refractivity contribution in [3.05, 3.63) is 43.0 Å². The zero-order valence-electron chi connectivity index (χ0n) is 15.2. The Morgan fingerprint density at radius 2 is 1.64 bits per heavy atom. The molecule has 0 atom stereocenters. The molecule has 1 N–H and O–H groups in total. The Kier molecular flexibility index (Phi) is 6.00. The Hall–Kier alpha value is -3.45. The van der Waals surface area contributed by atoms with Crippen LogP contribution in [0.15, 0.2) is 0 Å². The highest BCUT2D eigenvalue weighted by molar-refractivity contribution is 5.75. The van der Waals surface area contributed by atoms with Gasteiger partial charge in [0.2, 0.25) is 11.6 Å². The van der Waals surface area contributed by atoms with E-state index in [1.165, 1.54) is 25.5 Å². The fourth-order valence-electron chi connectivity index (χ4n) is 2.75. The minimum Gasteiger partial charge on any atom is -0.353 e. The SMILES string of the molecule is Cc1nn(CCNC(=O)Cn2nc(C(F)F)c([N+](=O)[O-])c2C)c(C)c1[N+](=O)[O-]. The normalized spacial score (nSPS) is 11.1. The van der Waals surface area contributed by atoms with Crippen LogP contribution in [0.3, 0.4) is 0 Å². The number of aryl methyl sites for hydroxylation is 1. The number of halogens is 2. The Bertz CT molecular complexity index is 937. The maximum Gasteiger partial charge on any atom is 0.319 e. The summed E-state index contributed by atoms with van der Waals surface area (Å²) in [5, 5.41) is 31.9. The second-order valence-electron chi connectivity index (χ2n) is 5.88. The summed E-state index contributed by atoms with van der Waals surface area (Å²) in [6.45, 7) is 3.96. The molecule has 0 unspecified atom stereocenters. The van der Waals surface area contributed by atoms with Gasteiger partial charge in [-0.05, 0) is 20.8 Å². The van der Waals surface area contributed by atoms with Crippen molar-refractivity contribution in [3.63, 3.8) is 0 Å². The third-order valence-corrected chi connectivity index (χ3v) is 4.06. The molecule has 2 rings (SSSR count). The van der Waals surface area contributed by atoms with Crippen molar-refractivity contribution in [2.45, 2.75) is 40.3 Å². The third kappa shape index (κ3) is 4.10. The maximum absolute atomic E-state index is 12.9. The summed E-state index contributed by atoms with van der Waals surface area (Å²) < 4.78 is 28.0. The van der Waals surface area contributed by atoms with Crippen molar-refractivity contribution in [2.24, 2.45) is 0 Å².